The minimum atomic E-state index is -0.0739. The van der Waals surface area contributed by atoms with Gasteiger partial charge in [-0.05, 0) is 62.8 Å². The molecule has 2 aromatic carbocycles. The molecule has 104 valence electrons. The maximum Gasteiger partial charge on any atom is 0.197 e. The van der Waals surface area contributed by atoms with E-state index in [-0.39, 0.29) is 5.78 Å². The third-order valence-corrected chi connectivity index (χ3v) is 4.54. The van der Waals surface area contributed by atoms with E-state index in [2.05, 4.69) is 38.5 Å². The first kappa shape index (κ1) is 15.3. The third-order valence-electron chi connectivity index (χ3n) is 2.85. The lowest BCUT2D eigenvalue weighted by Gasteiger charge is -2.13. The summed E-state index contributed by atoms with van der Waals surface area (Å²) in [6, 6.07) is 10.9. The molecule has 0 saturated carbocycles. The van der Waals surface area contributed by atoms with Crippen LogP contribution in [-0.4, -0.2) is 20.0 Å². The first-order chi connectivity index (χ1) is 9.60. The quantitative estimate of drug-likeness (QED) is 0.518. The number of rotatable bonds is 4. The molecule has 0 aliphatic carbocycles. The minimum absolute atomic E-state index is 0.0739. The van der Waals surface area contributed by atoms with Crippen LogP contribution in [0, 0.1) is 3.57 Å². The average molecular weight is 447 g/mol. The topological polar surface area (TPSA) is 35.5 Å². The van der Waals surface area contributed by atoms with Gasteiger partial charge in [0.2, 0.25) is 0 Å². The van der Waals surface area contributed by atoms with E-state index >= 15 is 0 Å². The Balaban J connectivity index is 2.56. The van der Waals surface area contributed by atoms with Crippen LogP contribution < -0.4 is 9.47 Å². The van der Waals surface area contributed by atoms with Gasteiger partial charge in [-0.25, -0.2) is 0 Å². The minimum Gasteiger partial charge on any atom is -0.495 e. The van der Waals surface area contributed by atoms with Crippen LogP contribution in [0.5, 0.6) is 11.5 Å². The number of hydrogen-bond donors (Lipinski definition) is 0. The van der Waals surface area contributed by atoms with Gasteiger partial charge >= 0.3 is 0 Å². The summed E-state index contributed by atoms with van der Waals surface area (Å²) in [6.45, 7) is 0. The zero-order valence-electron chi connectivity index (χ0n) is 10.9. The summed E-state index contributed by atoms with van der Waals surface area (Å²) in [5.74, 6) is 1.03. The van der Waals surface area contributed by atoms with E-state index in [9.17, 15) is 4.79 Å². The fraction of sp³-hybridized carbons (Fsp3) is 0.133. The Morgan fingerprint density at radius 2 is 1.75 bits per heavy atom. The summed E-state index contributed by atoms with van der Waals surface area (Å²) in [5, 5.41) is 0. The molecule has 0 aliphatic rings. The molecule has 3 nitrogen and oxygen atoms in total. The summed E-state index contributed by atoms with van der Waals surface area (Å²) in [5.41, 5.74) is 1.16. The van der Waals surface area contributed by atoms with Crippen molar-refractivity contribution in [2.45, 2.75) is 0 Å². The Bertz CT molecular complexity index is 656. The molecule has 0 aliphatic heterocycles. The van der Waals surface area contributed by atoms with Crippen molar-refractivity contribution < 1.29 is 14.3 Å². The molecular weight excluding hydrogens is 435 g/mol. The number of hydrogen-bond acceptors (Lipinski definition) is 3. The Hall–Kier alpha value is -1.08. The summed E-state index contributed by atoms with van der Waals surface area (Å²) >= 11 is 5.56. The highest BCUT2D eigenvalue weighted by Crippen LogP contribution is 2.38. The van der Waals surface area contributed by atoms with Crippen LogP contribution in [0.2, 0.25) is 0 Å². The lowest BCUT2D eigenvalue weighted by atomic mass is 10.0. The van der Waals surface area contributed by atoms with Crippen LogP contribution in [0.3, 0.4) is 0 Å². The van der Waals surface area contributed by atoms with Crippen LogP contribution in [0.15, 0.2) is 40.9 Å². The van der Waals surface area contributed by atoms with Crippen molar-refractivity contribution in [2.75, 3.05) is 14.2 Å². The van der Waals surface area contributed by atoms with Crippen molar-refractivity contribution in [1.82, 2.24) is 0 Å². The Morgan fingerprint density at radius 1 is 1.05 bits per heavy atom. The smallest absolute Gasteiger partial charge is 0.197 e. The molecule has 2 rings (SSSR count). The van der Waals surface area contributed by atoms with Crippen LogP contribution in [0.4, 0.5) is 0 Å². The maximum absolute atomic E-state index is 12.7. The van der Waals surface area contributed by atoms with E-state index in [1.807, 2.05) is 24.3 Å². The Morgan fingerprint density at radius 3 is 2.35 bits per heavy atom. The predicted molar refractivity (Wildman–Crippen MR) is 89.8 cm³/mol. The lowest BCUT2D eigenvalue weighted by Crippen LogP contribution is -2.06. The molecule has 2 aromatic rings. The first-order valence-electron chi connectivity index (χ1n) is 5.79. The van der Waals surface area contributed by atoms with E-state index in [4.69, 9.17) is 9.47 Å². The number of carbonyl (C=O) groups excluding carboxylic acids is 1. The number of benzene rings is 2. The molecule has 0 amide bonds. The molecule has 0 fully saturated rings. The van der Waals surface area contributed by atoms with Crippen LogP contribution in [-0.2, 0) is 0 Å². The van der Waals surface area contributed by atoms with Gasteiger partial charge in [0, 0.05) is 9.13 Å². The van der Waals surface area contributed by atoms with E-state index < -0.39 is 0 Å². The van der Waals surface area contributed by atoms with Gasteiger partial charge in [0.25, 0.3) is 0 Å². The largest absolute Gasteiger partial charge is 0.495 e. The molecule has 0 atom stereocenters. The van der Waals surface area contributed by atoms with Crippen LogP contribution >= 0.6 is 38.5 Å². The highest BCUT2D eigenvalue weighted by Gasteiger charge is 2.20. The third kappa shape index (κ3) is 2.83. The van der Waals surface area contributed by atoms with E-state index in [1.54, 1.807) is 19.2 Å². The molecule has 0 aromatic heterocycles. The zero-order chi connectivity index (χ0) is 14.7. The molecule has 0 unspecified atom stereocenters. The first-order valence-corrected chi connectivity index (χ1v) is 7.67. The highest BCUT2D eigenvalue weighted by molar-refractivity contribution is 14.1. The number of carbonyl (C=O) groups is 1. The van der Waals surface area contributed by atoms with Crippen LogP contribution in [0.25, 0.3) is 0 Å². The fourth-order valence-corrected chi connectivity index (χ4v) is 3.17. The molecule has 0 saturated heterocycles. The van der Waals surface area contributed by atoms with Crippen LogP contribution in [0.1, 0.15) is 15.9 Å². The standard InChI is InChI=1S/C15H12BrIO3/c1-19-12-8-7-10(15(20-2)13(12)16)14(18)9-5-3-4-6-11(9)17/h3-8H,1-2H3. The SMILES string of the molecule is COc1ccc(C(=O)c2ccccc2I)c(OC)c1Br. The molecule has 0 heterocycles. The van der Waals surface area contributed by atoms with Gasteiger partial charge < -0.3 is 9.47 Å². The molecular formula is C15H12BrIO3. The number of ketones is 1. The number of ether oxygens (including phenoxy) is 2. The van der Waals surface area contributed by atoms with E-state index in [1.165, 1.54) is 7.11 Å². The van der Waals surface area contributed by atoms with Crippen molar-refractivity contribution in [3.8, 4) is 11.5 Å². The van der Waals surface area contributed by atoms with Gasteiger partial charge in [0.05, 0.1) is 19.8 Å². The average Bonchev–Trinajstić information content (AvgIpc) is 2.46. The molecule has 0 spiro atoms. The second-order valence-electron chi connectivity index (χ2n) is 3.97. The summed E-state index contributed by atoms with van der Waals surface area (Å²) in [4.78, 5) is 12.7. The van der Waals surface area contributed by atoms with Crippen molar-refractivity contribution in [3.05, 3.63) is 55.6 Å². The van der Waals surface area contributed by atoms with Crippen molar-refractivity contribution in [2.24, 2.45) is 0 Å². The molecule has 0 bridgehead atoms. The monoisotopic (exact) mass is 446 g/mol. The van der Waals surface area contributed by atoms with Crippen molar-refractivity contribution in [3.63, 3.8) is 0 Å². The summed E-state index contributed by atoms with van der Waals surface area (Å²) in [7, 11) is 3.10. The van der Waals surface area contributed by atoms with Gasteiger partial charge in [-0.2, -0.15) is 0 Å². The fourth-order valence-electron chi connectivity index (χ4n) is 1.86. The molecule has 20 heavy (non-hydrogen) atoms. The second kappa shape index (κ2) is 6.58. The normalized spacial score (nSPS) is 10.2. The predicted octanol–water partition coefficient (Wildman–Crippen LogP) is 4.30. The summed E-state index contributed by atoms with van der Waals surface area (Å²) in [6.07, 6.45) is 0. The maximum atomic E-state index is 12.7. The number of halogens is 2. The molecule has 5 heteroatoms. The molecule has 0 N–H and O–H groups in total. The second-order valence-corrected chi connectivity index (χ2v) is 5.93. The van der Waals surface area contributed by atoms with Gasteiger partial charge in [-0.1, -0.05) is 12.1 Å². The van der Waals surface area contributed by atoms with Gasteiger partial charge in [0.1, 0.15) is 16.0 Å². The highest BCUT2D eigenvalue weighted by atomic mass is 127. The molecule has 0 radical (unpaired) electrons. The van der Waals surface area contributed by atoms with Gasteiger partial charge in [0.15, 0.2) is 5.78 Å². The van der Waals surface area contributed by atoms with Crippen molar-refractivity contribution in [1.29, 1.82) is 0 Å². The van der Waals surface area contributed by atoms with Gasteiger partial charge in [-0.15, -0.1) is 0 Å². The van der Waals surface area contributed by atoms with E-state index in [0.29, 0.717) is 27.1 Å². The number of methoxy groups -OCH3 is 2. The lowest BCUT2D eigenvalue weighted by molar-refractivity contribution is 0.103. The zero-order valence-corrected chi connectivity index (χ0v) is 14.7. The van der Waals surface area contributed by atoms with Crippen molar-refractivity contribution >= 4 is 44.3 Å². The Labute approximate surface area is 139 Å². The Kier molecular flexibility index (Phi) is 5.04. The van der Waals surface area contributed by atoms with Gasteiger partial charge in [-0.3, -0.25) is 4.79 Å². The summed E-state index contributed by atoms with van der Waals surface area (Å²) < 4.78 is 12.1. The van der Waals surface area contributed by atoms with E-state index in [0.717, 1.165) is 3.57 Å².